The molecule has 1 nitrogen and oxygen atoms in total. The first-order valence-electron chi connectivity index (χ1n) is 7.69. The number of nitrogens with one attached hydrogen (secondary N) is 1. The van der Waals surface area contributed by atoms with Gasteiger partial charge in [-0.05, 0) is 48.3 Å². The van der Waals surface area contributed by atoms with Crippen LogP contribution in [-0.4, -0.2) is 7.05 Å². The van der Waals surface area contributed by atoms with Crippen molar-refractivity contribution in [3.63, 3.8) is 0 Å². The van der Waals surface area contributed by atoms with E-state index in [9.17, 15) is 0 Å². The Labute approximate surface area is 118 Å². The molecule has 1 saturated carbocycles. The first-order valence-corrected chi connectivity index (χ1v) is 7.69. The van der Waals surface area contributed by atoms with Gasteiger partial charge in [-0.2, -0.15) is 0 Å². The van der Waals surface area contributed by atoms with Crippen LogP contribution in [0.25, 0.3) is 0 Å². The van der Waals surface area contributed by atoms with Crippen LogP contribution >= 0.6 is 0 Å². The van der Waals surface area contributed by atoms with Crippen LogP contribution in [0, 0.1) is 11.8 Å². The normalized spacial score (nSPS) is 25.5. The fourth-order valence-corrected chi connectivity index (χ4v) is 3.42. The van der Waals surface area contributed by atoms with E-state index in [4.69, 9.17) is 0 Å². The second-order valence-electron chi connectivity index (χ2n) is 7.32. The van der Waals surface area contributed by atoms with Gasteiger partial charge in [0.15, 0.2) is 0 Å². The molecular weight excluding hydrogens is 230 g/mol. The van der Waals surface area contributed by atoms with Gasteiger partial charge in [0.1, 0.15) is 0 Å². The van der Waals surface area contributed by atoms with E-state index in [2.05, 4.69) is 64.3 Å². The quantitative estimate of drug-likeness (QED) is 0.831. The zero-order valence-electron chi connectivity index (χ0n) is 13.2. The van der Waals surface area contributed by atoms with E-state index in [-0.39, 0.29) is 5.41 Å². The topological polar surface area (TPSA) is 12.0 Å². The lowest BCUT2D eigenvalue weighted by molar-refractivity contribution is 0.379. The predicted molar refractivity (Wildman–Crippen MR) is 83.4 cm³/mol. The van der Waals surface area contributed by atoms with E-state index >= 15 is 0 Å². The fraction of sp³-hybridized carbons (Fsp3) is 0.667. The van der Waals surface area contributed by atoms with Gasteiger partial charge in [0.2, 0.25) is 0 Å². The molecule has 1 aromatic rings. The summed E-state index contributed by atoms with van der Waals surface area (Å²) in [5, 5.41) is 3.54. The van der Waals surface area contributed by atoms with E-state index in [1.165, 1.54) is 30.4 Å². The Morgan fingerprint density at radius 3 is 2.16 bits per heavy atom. The highest BCUT2D eigenvalue weighted by molar-refractivity contribution is 5.29. The first-order chi connectivity index (χ1) is 8.91. The Bertz CT molecular complexity index is 399. The van der Waals surface area contributed by atoms with Crippen molar-refractivity contribution >= 4 is 0 Å². The summed E-state index contributed by atoms with van der Waals surface area (Å²) >= 11 is 0. The van der Waals surface area contributed by atoms with Crippen LogP contribution in [0.4, 0.5) is 0 Å². The van der Waals surface area contributed by atoms with Crippen LogP contribution in [0.5, 0.6) is 0 Å². The molecule has 3 atom stereocenters. The minimum Gasteiger partial charge on any atom is -0.313 e. The summed E-state index contributed by atoms with van der Waals surface area (Å²) in [4.78, 5) is 0. The van der Waals surface area contributed by atoms with Crippen LogP contribution < -0.4 is 5.32 Å². The smallest absolute Gasteiger partial charge is 0.0346 e. The number of rotatable bonds is 3. The van der Waals surface area contributed by atoms with Crippen molar-refractivity contribution in [2.75, 3.05) is 7.05 Å². The third kappa shape index (κ3) is 3.39. The Balaban J connectivity index is 2.15. The van der Waals surface area contributed by atoms with Crippen LogP contribution in [0.3, 0.4) is 0 Å². The lowest BCUT2D eigenvalue weighted by Gasteiger charge is -2.25. The van der Waals surface area contributed by atoms with Crippen molar-refractivity contribution in [1.82, 2.24) is 5.32 Å². The second kappa shape index (κ2) is 5.66. The van der Waals surface area contributed by atoms with Gasteiger partial charge in [-0.15, -0.1) is 0 Å². The Kier molecular flexibility index (Phi) is 4.35. The van der Waals surface area contributed by atoms with Crippen molar-refractivity contribution in [2.24, 2.45) is 11.8 Å². The minimum atomic E-state index is 0.246. The molecule has 3 unspecified atom stereocenters. The summed E-state index contributed by atoms with van der Waals surface area (Å²) in [6.07, 6.45) is 4.13. The number of benzene rings is 1. The Morgan fingerprint density at radius 2 is 1.74 bits per heavy atom. The second-order valence-corrected chi connectivity index (χ2v) is 7.32. The van der Waals surface area contributed by atoms with Gasteiger partial charge >= 0.3 is 0 Å². The molecule has 0 aliphatic heterocycles. The van der Waals surface area contributed by atoms with Crippen LogP contribution in [0.15, 0.2) is 24.3 Å². The minimum absolute atomic E-state index is 0.246. The molecule has 106 valence electrons. The number of hydrogen-bond donors (Lipinski definition) is 1. The summed E-state index contributed by atoms with van der Waals surface area (Å²) in [6, 6.07) is 9.78. The molecule has 0 spiro atoms. The molecule has 1 N–H and O–H groups in total. The molecule has 0 saturated heterocycles. The Morgan fingerprint density at radius 1 is 1.11 bits per heavy atom. The van der Waals surface area contributed by atoms with Crippen LogP contribution in [0.2, 0.25) is 0 Å². The van der Waals surface area contributed by atoms with Crippen molar-refractivity contribution in [3.05, 3.63) is 35.4 Å². The average molecular weight is 259 g/mol. The molecule has 0 bridgehead atoms. The molecule has 1 fully saturated rings. The van der Waals surface area contributed by atoms with Gasteiger partial charge < -0.3 is 5.32 Å². The summed E-state index contributed by atoms with van der Waals surface area (Å²) in [5.41, 5.74) is 3.12. The lowest BCUT2D eigenvalue weighted by atomic mass is 9.84. The van der Waals surface area contributed by atoms with Crippen LogP contribution in [-0.2, 0) is 5.41 Å². The van der Waals surface area contributed by atoms with Crippen molar-refractivity contribution < 1.29 is 0 Å². The summed E-state index contributed by atoms with van der Waals surface area (Å²) < 4.78 is 0. The largest absolute Gasteiger partial charge is 0.313 e. The van der Waals surface area contributed by atoms with Crippen molar-refractivity contribution in [2.45, 2.75) is 58.4 Å². The maximum absolute atomic E-state index is 3.54. The highest BCUT2D eigenvalue weighted by Crippen LogP contribution is 2.39. The van der Waals surface area contributed by atoms with E-state index in [1.807, 2.05) is 0 Å². The van der Waals surface area contributed by atoms with Crippen molar-refractivity contribution in [1.29, 1.82) is 0 Å². The van der Waals surface area contributed by atoms with E-state index in [0.29, 0.717) is 6.04 Å². The summed E-state index contributed by atoms with van der Waals surface area (Å²) in [5.74, 6) is 1.70. The maximum Gasteiger partial charge on any atom is 0.0346 e. The van der Waals surface area contributed by atoms with Gasteiger partial charge in [-0.25, -0.2) is 0 Å². The third-order valence-corrected chi connectivity index (χ3v) is 4.65. The van der Waals surface area contributed by atoms with Gasteiger partial charge in [-0.3, -0.25) is 0 Å². The Hall–Kier alpha value is -0.820. The van der Waals surface area contributed by atoms with Gasteiger partial charge in [0.25, 0.3) is 0 Å². The summed E-state index contributed by atoms with van der Waals surface area (Å²) in [6.45, 7) is 9.21. The zero-order valence-corrected chi connectivity index (χ0v) is 13.2. The molecule has 1 aliphatic rings. The monoisotopic (exact) mass is 259 g/mol. The number of hydrogen-bond acceptors (Lipinski definition) is 1. The predicted octanol–water partition coefficient (Wildman–Crippen LogP) is 4.68. The van der Waals surface area contributed by atoms with Crippen molar-refractivity contribution in [3.8, 4) is 0 Å². The molecular formula is C18H29N. The maximum atomic E-state index is 3.54. The highest BCUT2D eigenvalue weighted by atomic mass is 14.9. The average Bonchev–Trinajstić information content (AvgIpc) is 2.76. The van der Waals surface area contributed by atoms with Gasteiger partial charge in [0.05, 0.1) is 0 Å². The zero-order chi connectivity index (χ0) is 14.0. The molecule has 19 heavy (non-hydrogen) atoms. The molecule has 1 aromatic carbocycles. The molecule has 0 heterocycles. The SMILES string of the molecule is CNC(c1ccc(C(C)(C)C)cc1)C1CCC(C)C1. The molecule has 0 aromatic heterocycles. The highest BCUT2D eigenvalue weighted by Gasteiger charge is 2.29. The third-order valence-electron chi connectivity index (χ3n) is 4.65. The van der Waals surface area contributed by atoms with Gasteiger partial charge in [0, 0.05) is 6.04 Å². The molecule has 1 heteroatoms. The molecule has 1 aliphatic carbocycles. The van der Waals surface area contributed by atoms with Crippen LogP contribution in [0.1, 0.15) is 64.1 Å². The molecule has 0 amide bonds. The van der Waals surface area contributed by atoms with E-state index in [0.717, 1.165) is 11.8 Å². The first kappa shape index (κ1) is 14.6. The standard InChI is InChI=1S/C18H29N/c1-13-6-7-15(12-13)17(19-5)14-8-10-16(11-9-14)18(2,3)4/h8-11,13,15,17,19H,6-7,12H2,1-5H3. The lowest BCUT2D eigenvalue weighted by Crippen LogP contribution is -2.24. The van der Waals surface area contributed by atoms with E-state index in [1.54, 1.807) is 0 Å². The molecule has 0 radical (unpaired) electrons. The molecule has 2 rings (SSSR count). The van der Waals surface area contributed by atoms with E-state index < -0.39 is 0 Å². The van der Waals surface area contributed by atoms with Gasteiger partial charge in [-0.1, -0.05) is 58.4 Å². The fourth-order valence-electron chi connectivity index (χ4n) is 3.42. The summed E-state index contributed by atoms with van der Waals surface area (Å²) in [7, 11) is 2.10.